The monoisotopic (exact) mass is 313 g/mol. The first-order valence-corrected chi connectivity index (χ1v) is 7.46. The summed E-state index contributed by atoms with van der Waals surface area (Å²) in [4.78, 5) is 6.50. The van der Waals surface area contributed by atoms with Crippen molar-refractivity contribution in [3.05, 3.63) is 47.7 Å². The van der Waals surface area contributed by atoms with Crippen molar-refractivity contribution < 1.29 is 9.50 Å². The minimum Gasteiger partial charge on any atom is -0.381 e. The Morgan fingerprint density at radius 2 is 2.22 bits per heavy atom. The van der Waals surface area contributed by atoms with Gasteiger partial charge in [-0.15, -0.1) is 0 Å². The SMILES string of the molecule is Cc1cc(N2CC[C@](O)(c3cn[nH]n3)C2)c2cc(F)ccc2n1. The highest BCUT2D eigenvalue weighted by molar-refractivity contribution is 5.92. The Balaban J connectivity index is 1.77. The first-order valence-electron chi connectivity index (χ1n) is 7.46. The van der Waals surface area contributed by atoms with Crippen LogP contribution in [0.15, 0.2) is 30.5 Å². The molecule has 1 fully saturated rings. The minimum absolute atomic E-state index is 0.296. The van der Waals surface area contributed by atoms with E-state index in [1.165, 1.54) is 12.1 Å². The maximum atomic E-state index is 13.7. The molecule has 1 atom stereocenters. The van der Waals surface area contributed by atoms with E-state index in [9.17, 15) is 9.50 Å². The van der Waals surface area contributed by atoms with Crippen LogP contribution < -0.4 is 4.90 Å². The molecule has 2 aromatic heterocycles. The molecule has 1 aliphatic rings. The molecule has 118 valence electrons. The van der Waals surface area contributed by atoms with E-state index in [2.05, 4.69) is 20.4 Å². The third-order valence-electron chi connectivity index (χ3n) is 4.36. The van der Waals surface area contributed by atoms with Gasteiger partial charge in [0.05, 0.1) is 18.3 Å². The predicted octanol–water partition coefficient (Wildman–Crippen LogP) is 1.90. The molecule has 0 saturated carbocycles. The summed E-state index contributed by atoms with van der Waals surface area (Å²) in [6.45, 7) is 2.94. The van der Waals surface area contributed by atoms with Crippen molar-refractivity contribution in [3.8, 4) is 0 Å². The van der Waals surface area contributed by atoms with Crippen LogP contribution in [0, 0.1) is 12.7 Å². The van der Waals surface area contributed by atoms with Gasteiger partial charge in [0.25, 0.3) is 0 Å². The molecule has 2 N–H and O–H groups in total. The Kier molecular flexibility index (Phi) is 3.05. The standard InChI is InChI=1S/C16H16FN5O/c1-10-6-14(12-7-11(17)2-3-13(12)19-10)22-5-4-16(23,9-22)15-8-18-21-20-15/h2-3,6-8,23H,4-5,9H2,1H3,(H,18,20,21)/t16-/m1/s1. The summed E-state index contributed by atoms with van der Waals surface area (Å²) in [5.74, 6) is -0.296. The number of fused-ring (bicyclic) bond motifs is 1. The number of anilines is 1. The van der Waals surface area contributed by atoms with Crippen molar-refractivity contribution in [2.24, 2.45) is 0 Å². The summed E-state index contributed by atoms with van der Waals surface area (Å²) in [5.41, 5.74) is 1.96. The molecule has 0 unspecified atom stereocenters. The number of β-amino-alcohol motifs (C(OH)–C–C–N with tert-alkyl or cyclic N) is 1. The Hall–Kier alpha value is -2.54. The first-order chi connectivity index (χ1) is 11.0. The molecule has 3 aromatic rings. The number of rotatable bonds is 2. The lowest BCUT2D eigenvalue weighted by Crippen LogP contribution is -2.31. The van der Waals surface area contributed by atoms with Gasteiger partial charge in [0.1, 0.15) is 17.1 Å². The lowest BCUT2D eigenvalue weighted by molar-refractivity contribution is 0.0560. The number of hydrogen-bond acceptors (Lipinski definition) is 5. The van der Waals surface area contributed by atoms with Gasteiger partial charge in [-0.3, -0.25) is 4.98 Å². The largest absolute Gasteiger partial charge is 0.381 e. The molecule has 6 nitrogen and oxygen atoms in total. The molecular formula is C16H16FN5O. The van der Waals surface area contributed by atoms with Crippen molar-refractivity contribution in [1.29, 1.82) is 0 Å². The van der Waals surface area contributed by atoms with E-state index >= 15 is 0 Å². The van der Waals surface area contributed by atoms with Gasteiger partial charge >= 0.3 is 0 Å². The van der Waals surface area contributed by atoms with Gasteiger partial charge in [-0.05, 0) is 31.2 Å². The second-order valence-electron chi connectivity index (χ2n) is 6.00. The average molecular weight is 313 g/mol. The Labute approximate surface area is 132 Å². The maximum Gasteiger partial charge on any atom is 0.129 e. The first kappa shape index (κ1) is 14.1. The van der Waals surface area contributed by atoms with Gasteiger partial charge in [0.15, 0.2) is 0 Å². The molecule has 0 radical (unpaired) electrons. The molecule has 0 aliphatic carbocycles. The number of nitrogens with zero attached hydrogens (tertiary/aromatic N) is 4. The molecule has 23 heavy (non-hydrogen) atoms. The van der Waals surface area contributed by atoms with Crippen molar-refractivity contribution in [2.75, 3.05) is 18.0 Å². The van der Waals surface area contributed by atoms with Gasteiger partial charge in [-0.25, -0.2) is 4.39 Å². The molecule has 4 rings (SSSR count). The van der Waals surface area contributed by atoms with Crippen LogP contribution >= 0.6 is 0 Å². The fourth-order valence-electron chi connectivity index (χ4n) is 3.20. The molecule has 0 amide bonds. The van der Waals surface area contributed by atoms with Crippen LogP contribution in [0.1, 0.15) is 17.8 Å². The predicted molar refractivity (Wildman–Crippen MR) is 83.5 cm³/mol. The summed E-state index contributed by atoms with van der Waals surface area (Å²) in [6, 6.07) is 6.51. The normalized spacial score (nSPS) is 21.3. The van der Waals surface area contributed by atoms with Crippen LogP contribution in [0.2, 0.25) is 0 Å². The zero-order valence-electron chi connectivity index (χ0n) is 12.6. The van der Waals surface area contributed by atoms with Gasteiger partial charge < -0.3 is 10.0 Å². The zero-order chi connectivity index (χ0) is 16.0. The van der Waals surface area contributed by atoms with E-state index in [0.717, 1.165) is 22.3 Å². The van der Waals surface area contributed by atoms with Crippen molar-refractivity contribution in [1.82, 2.24) is 20.4 Å². The van der Waals surface area contributed by atoms with E-state index in [-0.39, 0.29) is 5.82 Å². The Morgan fingerprint density at radius 1 is 1.35 bits per heavy atom. The van der Waals surface area contributed by atoms with E-state index < -0.39 is 5.60 Å². The Bertz CT molecular complexity index is 866. The van der Waals surface area contributed by atoms with Gasteiger partial charge in [0, 0.05) is 29.7 Å². The second kappa shape index (κ2) is 4.99. The molecule has 3 heterocycles. The smallest absolute Gasteiger partial charge is 0.129 e. The number of nitrogens with one attached hydrogen (secondary N) is 1. The van der Waals surface area contributed by atoms with Crippen LogP contribution in [-0.4, -0.2) is 38.6 Å². The molecule has 0 bridgehead atoms. The van der Waals surface area contributed by atoms with Crippen LogP contribution in [-0.2, 0) is 5.60 Å². The maximum absolute atomic E-state index is 13.7. The highest BCUT2D eigenvalue weighted by atomic mass is 19.1. The highest BCUT2D eigenvalue weighted by Gasteiger charge is 2.40. The number of hydrogen-bond donors (Lipinski definition) is 2. The molecule has 1 saturated heterocycles. The lowest BCUT2D eigenvalue weighted by Gasteiger charge is -2.24. The van der Waals surface area contributed by atoms with Crippen LogP contribution in [0.3, 0.4) is 0 Å². The van der Waals surface area contributed by atoms with Crippen LogP contribution in [0.25, 0.3) is 10.9 Å². The molecular weight excluding hydrogens is 297 g/mol. The summed E-state index contributed by atoms with van der Waals surface area (Å²) < 4.78 is 13.7. The van der Waals surface area contributed by atoms with Crippen molar-refractivity contribution in [2.45, 2.75) is 18.9 Å². The molecule has 1 aromatic carbocycles. The summed E-state index contributed by atoms with van der Waals surface area (Å²) in [6.07, 6.45) is 2.08. The van der Waals surface area contributed by atoms with Crippen LogP contribution in [0.4, 0.5) is 10.1 Å². The fraction of sp³-hybridized carbons (Fsp3) is 0.312. The van der Waals surface area contributed by atoms with Gasteiger partial charge in [-0.2, -0.15) is 15.4 Å². The Morgan fingerprint density at radius 3 is 3.00 bits per heavy atom. The lowest BCUT2D eigenvalue weighted by atomic mass is 10.00. The zero-order valence-corrected chi connectivity index (χ0v) is 12.6. The molecule has 7 heteroatoms. The quantitative estimate of drug-likeness (QED) is 0.755. The summed E-state index contributed by atoms with van der Waals surface area (Å²) >= 11 is 0. The van der Waals surface area contributed by atoms with Crippen molar-refractivity contribution >= 4 is 16.6 Å². The number of aryl methyl sites for hydroxylation is 1. The van der Waals surface area contributed by atoms with E-state index in [4.69, 9.17) is 0 Å². The van der Waals surface area contributed by atoms with E-state index in [1.807, 2.05) is 17.9 Å². The van der Waals surface area contributed by atoms with Crippen molar-refractivity contribution in [3.63, 3.8) is 0 Å². The number of pyridine rings is 1. The fourth-order valence-corrected chi connectivity index (χ4v) is 3.20. The highest BCUT2D eigenvalue weighted by Crippen LogP contribution is 2.36. The van der Waals surface area contributed by atoms with E-state index in [1.54, 1.807) is 12.3 Å². The van der Waals surface area contributed by atoms with Crippen LogP contribution in [0.5, 0.6) is 0 Å². The number of aliphatic hydroxyl groups is 1. The summed E-state index contributed by atoms with van der Waals surface area (Å²) in [7, 11) is 0. The average Bonchev–Trinajstić information content (AvgIpc) is 3.17. The number of halogens is 1. The third-order valence-corrected chi connectivity index (χ3v) is 4.36. The number of aromatic nitrogens is 4. The number of H-pyrrole nitrogens is 1. The van der Waals surface area contributed by atoms with Gasteiger partial charge in [0.2, 0.25) is 0 Å². The van der Waals surface area contributed by atoms with Gasteiger partial charge in [-0.1, -0.05) is 0 Å². The van der Waals surface area contributed by atoms with E-state index in [0.29, 0.717) is 25.2 Å². The second-order valence-corrected chi connectivity index (χ2v) is 6.00. The topological polar surface area (TPSA) is 77.9 Å². The summed E-state index contributed by atoms with van der Waals surface area (Å²) in [5, 5.41) is 21.9. The minimum atomic E-state index is -1.05. The number of aromatic amines is 1. The molecule has 1 aliphatic heterocycles. The third kappa shape index (κ3) is 2.33. The number of benzene rings is 1. The molecule has 0 spiro atoms.